The van der Waals surface area contributed by atoms with Crippen molar-refractivity contribution in [3.8, 4) is 0 Å². The number of hydrogen-bond donors (Lipinski definition) is 1. The van der Waals surface area contributed by atoms with Gasteiger partial charge in [0.25, 0.3) is 0 Å². The van der Waals surface area contributed by atoms with Crippen LogP contribution in [0.3, 0.4) is 0 Å². The number of piperidine rings is 1. The third kappa shape index (κ3) is 2.57. The van der Waals surface area contributed by atoms with Crippen LogP contribution >= 0.6 is 0 Å². The largest absolute Gasteiger partial charge is 0.298 e. The van der Waals surface area contributed by atoms with Crippen LogP contribution in [-0.2, 0) is 6.54 Å². The number of likely N-dealkylation sites (tertiary alicyclic amines) is 1. The molecule has 1 atom stereocenters. The summed E-state index contributed by atoms with van der Waals surface area (Å²) in [5.41, 5.74) is 4.01. The highest BCUT2D eigenvalue weighted by Gasteiger charge is 2.25. The Morgan fingerprint density at radius 3 is 3.09 bits per heavy atom. The lowest BCUT2D eigenvalue weighted by Gasteiger charge is -2.32. The van der Waals surface area contributed by atoms with E-state index in [1.54, 1.807) is 12.4 Å². The molecule has 4 heterocycles. The molecule has 0 radical (unpaired) electrons. The molecule has 1 aliphatic rings. The summed E-state index contributed by atoms with van der Waals surface area (Å²) < 4.78 is 0. The zero-order valence-corrected chi connectivity index (χ0v) is 12.3. The number of pyridine rings is 1. The van der Waals surface area contributed by atoms with E-state index >= 15 is 0 Å². The second kappa shape index (κ2) is 5.81. The molecule has 4 rings (SSSR count). The van der Waals surface area contributed by atoms with Crippen molar-refractivity contribution < 1.29 is 0 Å². The summed E-state index contributed by atoms with van der Waals surface area (Å²) in [5.74, 6) is 0.437. The molecule has 6 nitrogen and oxygen atoms in total. The van der Waals surface area contributed by atoms with Gasteiger partial charge in [-0.1, -0.05) is 6.07 Å². The van der Waals surface area contributed by atoms with Gasteiger partial charge in [0.1, 0.15) is 5.52 Å². The van der Waals surface area contributed by atoms with E-state index in [1.807, 2.05) is 18.5 Å². The van der Waals surface area contributed by atoms with Gasteiger partial charge in [0.05, 0.1) is 5.69 Å². The minimum Gasteiger partial charge on any atom is -0.298 e. The van der Waals surface area contributed by atoms with Crippen LogP contribution in [0.2, 0.25) is 0 Å². The third-order valence-electron chi connectivity index (χ3n) is 4.26. The number of fused-ring (bicyclic) bond motifs is 1. The standard InChI is InChI=1S/C16H18N6/c1-3-12(9-17-5-1)10-22-8-2-4-13(11-22)14-15-16(21-20-14)19-7-6-18-15/h1,3,5-7,9,13H,2,4,8,10-11H2,(H,19,20,21). The van der Waals surface area contributed by atoms with Crippen molar-refractivity contribution in [1.29, 1.82) is 0 Å². The lowest BCUT2D eigenvalue weighted by atomic mass is 9.94. The molecule has 112 valence electrons. The second-order valence-electron chi connectivity index (χ2n) is 5.80. The molecule has 0 saturated carbocycles. The van der Waals surface area contributed by atoms with E-state index < -0.39 is 0 Å². The Morgan fingerprint density at radius 1 is 1.23 bits per heavy atom. The minimum atomic E-state index is 0.437. The van der Waals surface area contributed by atoms with Crippen LogP contribution in [0.15, 0.2) is 36.9 Å². The van der Waals surface area contributed by atoms with Crippen molar-refractivity contribution in [3.05, 3.63) is 48.2 Å². The van der Waals surface area contributed by atoms with Gasteiger partial charge in [-0.25, -0.2) is 9.97 Å². The first-order chi connectivity index (χ1) is 10.9. The van der Waals surface area contributed by atoms with Crippen LogP contribution in [0.4, 0.5) is 0 Å². The summed E-state index contributed by atoms with van der Waals surface area (Å²) in [4.78, 5) is 15.4. The molecule has 6 heteroatoms. The van der Waals surface area contributed by atoms with E-state index in [4.69, 9.17) is 0 Å². The summed E-state index contributed by atoms with van der Waals surface area (Å²) in [6.45, 7) is 3.09. The third-order valence-corrected chi connectivity index (χ3v) is 4.26. The maximum absolute atomic E-state index is 4.44. The van der Waals surface area contributed by atoms with Crippen LogP contribution in [0.1, 0.15) is 30.0 Å². The molecule has 22 heavy (non-hydrogen) atoms. The molecule has 0 amide bonds. The Bertz CT molecular complexity index is 753. The number of aromatic nitrogens is 5. The Hall–Kier alpha value is -2.34. The van der Waals surface area contributed by atoms with Crippen LogP contribution in [-0.4, -0.2) is 43.1 Å². The van der Waals surface area contributed by atoms with Gasteiger partial charge in [-0.2, -0.15) is 5.10 Å². The van der Waals surface area contributed by atoms with Crippen molar-refractivity contribution >= 4 is 11.2 Å². The Labute approximate surface area is 128 Å². The summed E-state index contributed by atoms with van der Waals surface area (Å²) in [6.07, 6.45) is 9.53. The maximum atomic E-state index is 4.44. The fraction of sp³-hybridized carbons (Fsp3) is 0.375. The Kier molecular flexibility index (Phi) is 3.52. The number of rotatable bonds is 3. The number of aromatic amines is 1. The van der Waals surface area contributed by atoms with E-state index in [2.05, 4.69) is 36.1 Å². The lowest BCUT2D eigenvalue weighted by molar-refractivity contribution is 0.198. The Balaban J connectivity index is 1.53. The number of nitrogens with zero attached hydrogens (tertiary/aromatic N) is 5. The summed E-state index contributed by atoms with van der Waals surface area (Å²) in [6, 6.07) is 4.13. The van der Waals surface area contributed by atoms with Gasteiger partial charge >= 0.3 is 0 Å². The molecule has 3 aromatic rings. The first-order valence-corrected chi connectivity index (χ1v) is 7.66. The molecule has 1 unspecified atom stereocenters. The van der Waals surface area contributed by atoms with Crippen molar-refractivity contribution in [2.45, 2.75) is 25.3 Å². The van der Waals surface area contributed by atoms with Gasteiger partial charge in [0, 0.05) is 43.8 Å². The predicted octanol–water partition coefficient (Wildman–Crippen LogP) is 2.13. The van der Waals surface area contributed by atoms with Crippen LogP contribution in [0.5, 0.6) is 0 Å². The highest BCUT2D eigenvalue weighted by molar-refractivity contribution is 5.72. The fourth-order valence-electron chi connectivity index (χ4n) is 3.24. The van der Waals surface area contributed by atoms with Crippen molar-refractivity contribution in [2.24, 2.45) is 0 Å². The average Bonchev–Trinajstić information content (AvgIpc) is 3.00. The Morgan fingerprint density at radius 2 is 2.18 bits per heavy atom. The van der Waals surface area contributed by atoms with Gasteiger partial charge < -0.3 is 0 Å². The molecule has 1 aliphatic heterocycles. The summed E-state index contributed by atoms with van der Waals surface area (Å²) in [5, 5.41) is 7.43. The first-order valence-electron chi connectivity index (χ1n) is 7.66. The molecular formula is C16H18N6. The van der Waals surface area contributed by atoms with Gasteiger partial charge in [0.2, 0.25) is 0 Å². The highest BCUT2D eigenvalue weighted by atomic mass is 15.2. The normalized spacial score (nSPS) is 19.5. The molecule has 0 bridgehead atoms. The fourth-order valence-corrected chi connectivity index (χ4v) is 3.24. The van der Waals surface area contributed by atoms with E-state index in [0.29, 0.717) is 11.6 Å². The highest BCUT2D eigenvalue weighted by Crippen LogP contribution is 2.29. The summed E-state index contributed by atoms with van der Waals surface area (Å²) >= 11 is 0. The van der Waals surface area contributed by atoms with E-state index in [9.17, 15) is 0 Å². The smallest absolute Gasteiger partial charge is 0.199 e. The minimum absolute atomic E-state index is 0.437. The molecule has 1 N–H and O–H groups in total. The second-order valence-corrected chi connectivity index (χ2v) is 5.80. The predicted molar refractivity (Wildman–Crippen MR) is 83.2 cm³/mol. The average molecular weight is 294 g/mol. The molecule has 1 fully saturated rings. The number of H-pyrrole nitrogens is 1. The van der Waals surface area contributed by atoms with Crippen molar-refractivity contribution in [1.82, 2.24) is 30.0 Å². The van der Waals surface area contributed by atoms with Crippen LogP contribution in [0, 0.1) is 0 Å². The monoisotopic (exact) mass is 294 g/mol. The number of hydrogen-bond acceptors (Lipinski definition) is 5. The van der Waals surface area contributed by atoms with E-state index in [0.717, 1.165) is 37.3 Å². The molecule has 1 saturated heterocycles. The van der Waals surface area contributed by atoms with Gasteiger partial charge in [-0.15, -0.1) is 0 Å². The molecule has 0 spiro atoms. The molecule has 0 aromatic carbocycles. The quantitative estimate of drug-likeness (QED) is 0.801. The van der Waals surface area contributed by atoms with Crippen molar-refractivity contribution in [2.75, 3.05) is 13.1 Å². The van der Waals surface area contributed by atoms with Gasteiger partial charge in [0.15, 0.2) is 5.65 Å². The van der Waals surface area contributed by atoms with E-state index in [-0.39, 0.29) is 0 Å². The summed E-state index contributed by atoms with van der Waals surface area (Å²) in [7, 11) is 0. The first kappa shape index (κ1) is 13.3. The zero-order chi connectivity index (χ0) is 14.8. The van der Waals surface area contributed by atoms with Crippen LogP contribution < -0.4 is 0 Å². The van der Waals surface area contributed by atoms with E-state index in [1.165, 1.54) is 12.0 Å². The number of nitrogens with one attached hydrogen (secondary N) is 1. The lowest BCUT2D eigenvalue weighted by Crippen LogP contribution is -2.34. The van der Waals surface area contributed by atoms with Crippen molar-refractivity contribution in [3.63, 3.8) is 0 Å². The molecule has 0 aliphatic carbocycles. The topological polar surface area (TPSA) is 70.6 Å². The zero-order valence-electron chi connectivity index (χ0n) is 12.3. The van der Waals surface area contributed by atoms with Crippen LogP contribution in [0.25, 0.3) is 11.2 Å². The van der Waals surface area contributed by atoms with Gasteiger partial charge in [-0.05, 0) is 31.0 Å². The molecular weight excluding hydrogens is 276 g/mol. The SMILES string of the molecule is c1cncc(CN2CCCC(c3[nH]nc4nccnc34)C2)c1. The van der Waals surface area contributed by atoms with Gasteiger partial charge in [-0.3, -0.25) is 15.0 Å². The maximum Gasteiger partial charge on any atom is 0.199 e. The molecule has 3 aromatic heterocycles.